The van der Waals surface area contributed by atoms with Gasteiger partial charge in [-0.2, -0.15) is 0 Å². The van der Waals surface area contributed by atoms with E-state index in [-0.39, 0.29) is 10.4 Å². The van der Waals surface area contributed by atoms with Crippen molar-refractivity contribution in [2.75, 3.05) is 11.9 Å². The van der Waals surface area contributed by atoms with Crippen molar-refractivity contribution in [2.24, 2.45) is 0 Å². The van der Waals surface area contributed by atoms with Crippen LogP contribution >= 0.6 is 11.3 Å². The lowest BCUT2D eigenvalue weighted by atomic mass is 10.1. The number of carboxylic acid groups (broad SMARTS) is 1. The summed E-state index contributed by atoms with van der Waals surface area (Å²) in [5.41, 5.74) is 1.10. The summed E-state index contributed by atoms with van der Waals surface area (Å²) in [5.74, 6) is -1.06. The zero-order chi connectivity index (χ0) is 16.4. The van der Waals surface area contributed by atoms with Crippen molar-refractivity contribution in [1.82, 2.24) is 4.98 Å². The maximum absolute atomic E-state index is 12.2. The summed E-state index contributed by atoms with van der Waals surface area (Å²) in [7, 11) is 0. The zero-order valence-electron chi connectivity index (χ0n) is 12.3. The lowest BCUT2D eigenvalue weighted by Crippen LogP contribution is -2.03. The van der Waals surface area contributed by atoms with E-state index in [0.717, 1.165) is 35.4 Å². The van der Waals surface area contributed by atoms with Gasteiger partial charge in [-0.1, -0.05) is 6.92 Å². The van der Waals surface area contributed by atoms with Crippen molar-refractivity contribution in [2.45, 2.75) is 13.3 Å². The number of aromatic nitrogens is 1. The van der Waals surface area contributed by atoms with E-state index in [4.69, 9.17) is 9.52 Å². The average Bonchev–Trinajstić information content (AvgIpc) is 3.02. The number of aromatic carboxylic acids is 1. The molecule has 0 saturated carbocycles. The van der Waals surface area contributed by atoms with E-state index in [9.17, 15) is 9.59 Å². The van der Waals surface area contributed by atoms with Crippen LogP contribution < -0.4 is 10.9 Å². The topological polar surface area (TPSA) is 92.4 Å². The van der Waals surface area contributed by atoms with Crippen molar-refractivity contribution in [3.8, 4) is 10.6 Å². The minimum absolute atomic E-state index is 0.0820. The molecule has 0 atom stereocenters. The molecule has 2 aromatic heterocycles. The van der Waals surface area contributed by atoms with Gasteiger partial charge in [0.1, 0.15) is 15.5 Å². The summed E-state index contributed by atoms with van der Waals surface area (Å²) in [6.45, 7) is 2.91. The molecule has 0 spiro atoms. The summed E-state index contributed by atoms with van der Waals surface area (Å²) in [6.07, 6.45) is 2.24. The summed E-state index contributed by atoms with van der Waals surface area (Å²) in [4.78, 5) is 27.2. The van der Waals surface area contributed by atoms with Gasteiger partial charge in [0.05, 0.1) is 11.8 Å². The number of benzene rings is 1. The molecule has 0 aliphatic heterocycles. The summed E-state index contributed by atoms with van der Waals surface area (Å²) in [6, 6.07) is 7.22. The molecule has 2 heterocycles. The van der Waals surface area contributed by atoms with Crippen LogP contribution in [0.2, 0.25) is 0 Å². The molecule has 0 unspecified atom stereocenters. The number of nitrogens with zero attached hydrogens (tertiary/aromatic N) is 1. The molecule has 3 rings (SSSR count). The molecule has 3 aromatic rings. The molecule has 0 radical (unpaired) electrons. The van der Waals surface area contributed by atoms with E-state index in [1.165, 1.54) is 6.20 Å². The van der Waals surface area contributed by atoms with Crippen molar-refractivity contribution < 1.29 is 14.3 Å². The third-order valence-corrected chi connectivity index (χ3v) is 4.28. The van der Waals surface area contributed by atoms with Gasteiger partial charge in [-0.3, -0.25) is 0 Å². The highest BCUT2D eigenvalue weighted by atomic mass is 32.1. The van der Waals surface area contributed by atoms with Crippen LogP contribution in [-0.4, -0.2) is 22.6 Å². The van der Waals surface area contributed by atoms with Gasteiger partial charge in [0, 0.05) is 23.7 Å². The number of nitrogens with one attached hydrogen (secondary N) is 1. The third kappa shape index (κ3) is 3.09. The summed E-state index contributed by atoms with van der Waals surface area (Å²) >= 11 is 0.948. The largest absolute Gasteiger partial charge is 0.477 e. The highest BCUT2D eigenvalue weighted by molar-refractivity contribution is 7.16. The fraction of sp³-hybridized carbons (Fsp3) is 0.188. The molecular weight excluding hydrogens is 316 g/mol. The first-order valence-corrected chi connectivity index (χ1v) is 7.91. The number of hydrogen-bond acceptors (Lipinski definition) is 6. The van der Waals surface area contributed by atoms with E-state index in [1.54, 1.807) is 12.1 Å². The summed E-state index contributed by atoms with van der Waals surface area (Å²) in [5, 5.41) is 13.3. The monoisotopic (exact) mass is 330 g/mol. The van der Waals surface area contributed by atoms with E-state index in [0.29, 0.717) is 10.6 Å². The molecular formula is C16H14N2O4S. The second-order valence-corrected chi connectivity index (χ2v) is 5.99. The molecule has 1 aromatic carbocycles. The number of anilines is 1. The summed E-state index contributed by atoms with van der Waals surface area (Å²) < 4.78 is 5.36. The van der Waals surface area contributed by atoms with E-state index in [2.05, 4.69) is 17.2 Å². The Morgan fingerprint density at radius 2 is 2.22 bits per heavy atom. The standard InChI is InChI=1S/C16H14N2O4S/c1-2-5-17-10-4-3-9-6-11(16(21)22-12(9)7-10)14-18-8-13(23-14)15(19)20/h3-4,6-8,17H,2,5H2,1H3,(H,19,20). The lowest BCUT2D eigenvalue weighted by Gasteiger charge is -2.06. The highest BCUT2D eigenvalue weighted by Crippen LogP contribution is 2.26. The Kier molecular flexibility index (Phi) is 4.12. The number of hydrogen-bond donors (Lipinski definition) is 2. The Balaban J connectivity index is 2.03. The van der Waals surface area contributed by atoms with Crippen LogP contribution in [0.4, 0.5) is 5.69 Å². The Morgan fingerprint density at radius 3 is 2.91 bits per heavy atom. The molecule has 2 N–H and O–H groups in total. The van der Waals surface area contributed by atoms with Crippen LogP contribution in [0.15, 0.2) is 39.7 Å². The van der Waals surface area contributed by atoms with E-state index in [1.807, 2.05) is 12.1 Å². The first-order valence-electron chi connectivity index (χ1n) is 7.09. The maximum Gasteiger partial charge on any atom is 0.347 e. The van der Waals surface area contributed by atoms with Crippen LogP contribution in [-0.2, 0) is 0 Å². The van der Waals surface area contributed by atoms with Gasteiger partial charge < -0.3 is 14.8 Å². The minimum atomic E-state index is -1.06. The minimum Gasteiger partial charge on any atom is -0.477 e. The predicted octanol–water partition coefficient (Wildman–Crippen LogP) is 3.44. The Bertz CT molecular complexity index is 929. The molecule has 118 valence electrons. The van der Waals surface area contributed by atoms with Gasteiger partial charge in [-0.15, -0.1) is 11.3 Å². The Labute approximate surface area is 135 Å². The molecule has 7 heteroatoms. The van der Waals surface area contributed by atoms with Crippen LogP contribution in [0, 0.1) is 0 Å². The fourth-order valence-corrected chi connectivity index (χ4v) is 2.90. The van der Waals surface area contributed by atoms with Crippen molar-refractivity contribution in [3.05, 3.63) is 45.8 Å². The fourth-order valence-electron chi connectivity index (χ4n) is 2.14. The SMILES string of the molecule is CCCNc1ccc2cc(-c3ncc(C(=O)O)s3)c(=O)oc2c1. The first-order chi connectivity index (χ1) is 11.1. The highest BCUT2D eigenvalue weighted by Gasteiger charge is 2.14. The molecule has 0 amide bonds. The van der Waals surface area contributed by atoms with E-state index >= 15 is 0 Å². The number of rotatable bonds is 5. The first kappa shape index (κ1) is 15.2. The third-order valence-electron chi connectivity index (χ3n) is 3.26. The Morgan fingerprint density at radius 1 is 1.39 bits per heavy atom. The van der Waals surface area contributed by atoms with Gasteiger partial charge in [-0.05, 0) is 24.6 Å². The number of fused-ring (bicyclic) bond motifs is 1. The molecule has 0 fully saturated rings. The van der Waals surface area contributed by atoms with Crippen LogP contribution in [0.5, 0.6) is 0 Å². The van der Waals surface area contributed by atoms with Crippen LogP contribution in [0.25, 0.3) is 21.5 Å². The van der Waals surface area contributed by atoms with Crippen LogP contribution in [0.1, 0.15) is 23.0 Å². The van der Waals surface area contributed by atoms with E-state index < -0.39 is 11.6 Å². The maximum atomic E-state index is 12.2. The molecule has 0 bridgehead atoms. The van der Waals surface area contributed by atoms with Gasteiger partial charge in [0.2, 0.25) is 0 Å². The number of thiazole rings is 1. The second kappa shape index (κ2) is 6.21. The molecule has 0 aliphatic rings. The smallest absolute Gasteiger partial charge is 0.347 e. The Hall–Kier alpha value is -2.67. The normalized spacial score (nSPS) is 10.8. The van der Waals surface area contributed by atoms with Crippen LogP contribution in [0.3, 0.4) is 0 Å². The second-order valence-electron chi connectivity index (χ2n) is 4.96. The van der Waals surface area contributed by atoms with Gasteiger partial charge in [0.25, 0.3) is 0 Å². The van der Waals surface area contributed by atoms with Gasteiger partial charge in [0.15, 0.2) is 0 Å². The number of carbonyl (C=O) groups is 1. The van der Waals surface area contributed by atoms with Gasteiger partial charge >= 0.3 is 11.6 Å². The van der Waals surface area contributed by atoms with Crippen molar-refractivity contribution >= 4 is 34.0 Å². The molecule has 0 aliphatic carbocycles. The van der Waals surface area contributed by atoms with Gasteiger partial charge in [-0.25, -0.2) is 14.6 Å². The lowest BCUT2D eigenvalue weighted by molar-refractivity contribution is 0.0702. The molecule has 23 heavy (non-hydrogen) atoms. The van der Waals surface area contributed by atoms with Crippen molar-refractivity contribution in [1.29, 1.82) is 0 Å². The molecule has 0 saturated heterocycles. The number of carboxylic acids is 1. The predicted molar refractivity (Wildman–Crippen MR) is 89.3 cm³/mol. The zero-order valence-corrected chi connectivity index (χ0v) is 13.1. The molecule has 6 nitrogen and oxygen atoms in total. The van der Waals surface area contributed by atoms with Crippen molar-refractivity contribution in [3.63, 3.8) is 0 Å². The quantitative estimate of drug-likeness (QED) is 0.696. The average molecular weight is 330 g/mol.